The lowest BCUT2D eigenvalue weighted by Crippen LogP contribution is -2.31. The summed E-state index contributed by atoms with van der Waals surface area (Å²) in [6, 6.07) is 16.3. The molecule has 4 rings (SSSR count). The summed E-state index contributed by atoms with van der Waals surface area (Å²) in [6.07, 6.45) is 0.530. The number of carbonyl (C=O) groups excluding carboxylic acids is 2. The Morgan fingerprint density at radius 2 is 1.76 bits per heavy atom. The van der Waals surface area contributed by atoms with E-state index < -0.39 is 18.5 Å². The number of nitrogens with zero attached hydrogens (tertiary/aromatic N) is 3. The molecule has 0 saturated carbocycles. The number of thiophene rings is 1. The summed E-state index contributed by atoms with van der Waals surface area (Å²) in [7, 11) is 3.15. The third-order valence-corrected chi connectivity index (χ3v) is 7.24. The van der Waals surface area contributed by atoms with E-state index in [-0.39, 0.29) is 6.04 Å². The van der Waals surface area contributed by atoms with Crippen molar-refractivity contribution in [1.82, 2.24) is 5.01 Å². The fourth-order valence-corrected chi connectivity index (χ4v) is 5.05. The summed E-state index contributed by atoms with van der Waals surface area (Å²) in [4.78, 5) is 29.1. The van der Waals surface area contributed by atoms with Gasteiger partial charge in [0.1, 0.15) is 0 Å². The number of carbonyl (C=O) groups is 2. The lowest BCUT2D eigenvalue weighted by molar-refractivity contribution is -0.136. The van der Waals surface area contributed by atoms with E-state index in [1.807, 2.05) is 47.8 Å². The van der Waals surface area contributed by atoms with Gasteiger partial charge in [-0.25, -0.2) is 9.80 Å². The van der Waals surface area contributed by atoms with Crippen LogP contribution < -0.4 is 14.4 Å². The molecule has 3 aromatic rings. The molecule has 0 saturated heterocycles. The molecule has 0 radical (unpaired) electrons. The first-order valence-corrected chi connectivity index (χ1v) is 13.0. The van der Waals surface area contributed by atoms with E-state index in [1.165, 1.54) is 5.01 Å². The molecule has 37 heavy (non-hydrogen) atoms. The quantitative estimate of drug-likeness (QED) is 0.344. The number of benzene rings is 2. The maximum absolute atomic E-state index is 13.3. The Hall–Kier alpha value is -3.85. The first-order valence-electron chi connectivity index (χ1n) is 12.2. The van der Waals surface area contributed by atoms with Crippen molar-refractivity contribution >= 4 is 34.6 Å². The van der Waals surface area contributed by atoms with E-state index in [2.05, 4.69) is 23.8 Å². The standard InChI is InChI=1S/C28H31N3O5S/c1-5-30(6-2)21-12-9-19(10-13-21)28(33)36-18-27(32)31-23(17-22(29-31)26-8-7-15-37-26)20-11-14-24(34-3)25(16-20)35-4/h7-16,23H,5-6,17-18H2,1-4H3/t23-/m0/s1. The maximum Gasteiger partial charge on any atom is 0.338 e. The highest BCUT2D eigenvalue weighted by Crippen LogP contribution is 2.38. The average molecular weight is 522 g/mol. The number of rotatable bonds is 10. The topological polar surface area (TPSA) is 80.7 Å². The number of esters is 1. The van der Waals surface area contributed by atoms with Crippen LogP contribution in [-0.2, 0) is 9.53 Å². The first-order chi connectivity index (χ1) is 18.0. The Kier molecular flexibility index (Phi) is 8.45. The second-order valence-corrected chi connectivity index (χ2v) is 9.34. The Morgan fingerprint density at radius 1 is 1.03 bits per heavy atom. The summed E-state index contributed by atoms with van der Waals surface area (Å²) in [5, 5.41) is 8.01. The molecule has 0 fully saturated rings. The van der Waals surface area contributed by atoms with Crippen molar-refractivity contribution in [1.29, 1.82) is 0 Å². The molecule has 1 aromatic heterocycles. The number of hydrogen-bond donors (Lipinski definition) is 0. The number of methoxy groups -OCH3 is 2. The summed E-state index contributed by atoms with van der Waals surface area (Å²) in [5.74, 6) is 0.210. The molecule has 194 valence electrons. The molecular formula is C28H31N3O5S. The van der Waals surface area contributed by atoms with Gasteiger partial charge in [0.2, 0.25) is 0 Å². The van der Waals surface area contributed by atoms with Crippen LogP contribution in [0.15, 0.2) is 65.1 Å². The van der Waals surface area contributed by atoms with E-state index in [0.29, 0.717) is 23.5 Å². The van der Waals surface area contributed by atoms with Crippen molar-refractivity contribution < 1.29 is 23.8 Å². The van der Waals surface area contributed by atoms with Crippen LogP contribution in [0.4, 0.5) is 5.69 Å². The Labute approximate surface area is 221 Å². The van der Waals surface area contributed by atoms with Gasteiger partial charge in [0, 0.05) is 25.2 Å². The van der Waals surface area contributed by atoms with Crippen molar-refractivity contribution in [2.75, 3.05) is 38.8 Å². The minimum absolute atomic E-state index is 0.364. The van der Waals surface area contributed by atoms with Gasteiger partial charge < -0.3 is 19.1 Å². The van der Waals surface area contributed by atoms with Crippen LogP contribution in [0, 0.1) is 0 Å². The molecule has 0 N–H and O–H groups in total. The van der Waals surface area contributed by atoms with Gasteiger partial charge in [-0.2, -0.15) is 5.10 Å². The molecule has 1 atom stereocenters. The summed E-state index contributed by atoms with van der Waals surface area (Å²) < 4.78 is 16.2. The van der Waals surface area contributed by atoms with Crippen molar-refractivity contribution in [3.8, 4) is 11.5 Å². The predicted molar refractivity (Wildman–Crippen MR) is 145 cm³/mol. The lowest BCUT2D eigenvalue weighted by Gasteiger charge is -2.23. The zero-order valence-electron chi connectivity index (χ0n) is 21.5. The number of amides is 1. The van der Waals surface area contributed by atoms with Crippen LogP contribution in [0.1, 0.15) is 47.1 Å². The highest BCUT2D eigenvalue weighted by Gasteiger charge is 2.34. The van der Waals surface area contributed by atoms with E-state index in [9.17, 15) is 9.59 Å². The van der Waals surface area contributed by atoms with Gasteiger partial charge in [-0.1, -0.05) is 12.1 Å². The Balaban J connectivity index is 1.50. The minimum atomic E-state index is -0.552. The Bertz CT molecular complexity index is 1250. The van der Waals surface area contributed by atoms with Gasteiger partial charge in [0.05, 0.1) is 36.4 Å². The molecule has 9 heteroatoms. The number of hydrazone groups is 1. The molecule has 1 amide bonds. The van der Waals surface area contributed by atoms with E-state index in [4.69, 9.17) is 14.2 Å². The van der Waals surface area contributed by atoms with Crippen LogP contribution in [0.2, 0.25) is 0 Å². The fraction of sp³-hybridized carbons (Fsp3) is 0.321. The molecular weight excluding hydrogens is 490 g/mol. The van der Waals surface area contributed by atoms with Crippen LogP contribution in [-0.4, -0.2) is 56.5 Å². The highest BCUT2D eigenvalue weighted by atomic mass is 32.1. The smallest absolute Gasteiger partial charge is 0.338 e. The molecule has 0 bridgehead atoms. The SMILES string of the molecule is CCN(CC)c1ccc(C(=O)OCC(=O)N2N=C(c3cccs3)C[C@H]2c2ccc(OC)c(OC)c2)cc1. The summed E-state index contributed by atoms with van der Waals surface area (Å²) in [6.45, 7) is 5.50. The van der Waals surface area contributed by atoms with Crippen molar-refractivity contribution in [2.24, 2.45) is 5.10 Å². The van der Waals surface area contributed by atoms with Crippen LogP contribution in [0.3, 0.4) is 0 Å². The fourth-order valence-electron chi connectivity index (χ4n) is 4.33. The van der Waals surface area contributed by atoms with Crippen molar-refractivity contribution in [2.45, 2.75) is 26.3 Å². The van der Waals surface area contributed by atoms with E-state index in [0.717, 1.165) is 34.9 Å². The van der Waals surface area contributed by atoms with Crippen LogP contribution in [0.5, 0.6) is 11.5 Å². The zero-order valence-corrected chi connectivity index (χ0v) is 22.3. The van der Waals surface area contributed by atoms with E-state index in [1.54, 1.807) is 37.7 Å². The van der Waals surface area contributed by atoms with E-state index >= 15 is 0 Å². The van der Waals surface area contributed by atoms with Crippen LogP contribution >= 0.6 is 11.3 Å². The maximum atomic E-state index is 13.3. The largest absolute Gasteiger partial charge is 0.493 e. The first kappa shape index (κ1) is 26.2. The third-order valence-electron chi connectivity index (χ3n) is 6.32. The molecule has 2 aromatic carbocycles. The lowest BCUT2D eigenvalue weighted by atomic mass is 10.0. The van der Waals surface area contributed by atoms with Gasteiger partial charge in [-0.05, 0) is 67.3 Å². The second-order valence-electron chi connectivity index (χ2n) is 8.39. The van der Waals surface area contributed by atoms with Gasteiger partial charge in [0.25, 0.3) is 5.91 Å². The highest BCUT2D eigenvalue weighted by molar-refractivity contribution is 7.12. The van der Waals surface area contributed by atoms with Crippen molar-refractivity contribution in [3.63, 3.8) is 0 Å². The molecule has 2 heterocycles. The summed E-state index contributed by atoms with van der Waals surface area (Å²) in [5.41, 5.74) is 3.08. The molecule has 1 aliphatic heterocycles. The molecule has 0 aliphatic carbocycles. The average Bonchev–Trinajstić information content (AvgIpc) is 3.63. The number of anilines is 1. The number of hydrogen-bond acceptors (Lipinski definition) is 8. The molecule has 1 aliphatic rings. The monoisotopic (exact) mass is 521 g/mol. The summed E-state index contributed by atoms with van der Waals surface area (Å²) >= 11 is 1.56. The Morgan fingerprint density at radius 3 is 2.38 bits per heavy atom. The molecule has 0 unspecified atom stereocenters. The third kappa shape index (κ3) is 5.77. The normalized spacial score (nSPS) is 14.8. The van der Waals surface area contributed by atoms with Crippen LogP contribution in [0.25, 0.3) is 0 Å². The molecule has 8 nitrogen and oxygen atoms in total. The number of ether oxygens (including phenoxy) is 3. The van der Waals surface area contributed by atoms with Gasteiger partial charge in [-0.3, -0.25) is 4.79 Å². The zero-order chi connectivity index (χ0) is 26.4. The van der Waals surface area contributed by atoms with Crippen molar-refractivity contribution in [3.05, 3.63) is 76.0 Å². The molecule has 0 spiro atoms. The predicted octanol–water partition coefficient (Wildman–Crippen LogP) is 5.15. The minimum Gasteiger partial charge on any atom is -0.493 e. The second kappa shape index (κ2) is 11.9. The van der Waals surface area contributed by atoms with Gasteiger partial charge in [0.15, 0.2) is 18.1 Å². The van der Waals surface area contributed by atoms with Gasteiger partial charge in [-0.15, -0.1) is 11.3 Å². The van der Waals surface area contributed by atoms with Gasteiger partial charge >= 0.3 is 5.97 Å².